The van der Waals surface area contributed by atoms with Crippen LogP contribution in [-0.4, -0.2) is 62.8 Å². The van der Waals surface area contributed by atoms with Gasteiger partial charge in [0.15, 0.2) is 17.4 Å². The SMILES string of the molecule is [AlH3].[Cu].[Mn].[Ni].[SrH2]. The third-order valence-electron chi connectivity index (χ3n) is 0. The van der Waals surface area contributed by atoms with Gasteiger partial charge in [0.1, 0.15) is 0 Å². The Hall–Kier alpha value is 3.55. The molecule has 0 aliphatic heterocycles. The van der Waals surface area contributed by atoms with E-state index in [4.69, 9.17) is 0 Å². The summed E-state index contributed by atoms with van der Waals surface area (Å²) in [4.78, 5) is 0. The van der Waals surface area contributed by atoms with Gasteiger partial charge in [0.25, 0.3) is 0 Å². The first-order chi connectivity index (χ1) is 0. The molecule has 0 rings (SSSR count). The molecule has 0 unspecified atom stereocenters. The van der Waals surface area contributed by atoms with Crippen LogP contribution in [0.5, 0.6) is 0 Å². The Morgan fingerprint density at radius 2 is 1.00 bits per heavy atom. The van der Waals surface area contributed by atoms with Gasteiger partial charge in [-0.1, -0.05) is 0 Å². The fourth-order valence-corrected chi connectivity index (χ4v) is 0. The third kappa shape index (κ3) is 18.5. The molecule has 5 heavy (non-hydrogen) atoms. The van der Waals surface area contributed by atoms with Crippen molar-refractivity contribution >= 4 is 62.8 Å². The van der Waals surface area contributed by atoms with E-state index < -0.39 is 0 Å². The van der Waals surface area contributed by atoms with Crippen molar-refractivity contribution in [2.24, 2.45) is 0 Å². The van der Waals surface area contributed by atoms with Gasteiger partial charge in [-0.3, -0.25) is 0 Å². The van der Waals surface area contributed by atoms with Gasteiger partial charge in [0, 0.05) is 50.6 Å². The van der Waals surface area contributed by atoms with Crippen LogP contribution in [0.15, 0.2) is 0 Å². The van der Waals surface area contributed by atoms with Gasteiger partial charge in [-0.2, -0.15) is 0 Å². The topological polar surface area (TPSA) is 0 Å². The van der Waals surface area contributed by atoms with E-state index in [0.717, 1.165) is 0 Å². The van der Waals surface area contributed by atoms with Crippen LogP contribution in [-0.2, 0) is 50.6 Å². The van der Waals surface area contributed by atoms with Crippen LogP contribution in [0.1, 0.15) is 0 Å². The molecule has 0 saturated heterocycles. The van der Waals surface area contributed by atoms with Crippen LogP contribution >= 0.6 is 0 Å². The monoisotopic (exact) mass is 296 g/mol. The zero-order valence-electron chi connectivity index (χ0n) is 0.996. The van der Waals surface area contributed by atoms with Gasteiger partial charge in [-0.15, -0.1) is 0 Å². The van der Waals surface area contributed by atoms with E-state index in [9.17, 15) is 0 Å². The summed E-state index contributed by atoms with van der Waals surface area (Å²) in [6, 6.07) is 0. The summed E-state index contributed by atoms with van der Waals surface area (Å²) in [6.45, 7) is 0. The van der Waals surface area contributed by atoms with Crippen molar-refractivity contribution in [2.45, 2.75) is 0 Å². The summed E-state index contributed by atoms with van der Waals surface area (Å²) in [5, 5.41) is 0. The normalized spacial score (nSPS) is 0. The summed E-state index contributed by atoms with van der Waals surface area (Å²) in [7, 11) is 0. The van der Waals surface area contributed by atoms with Crippen molar-refractivity contribution in [3.63, 3.8) is 0 Å². The van der Waals surface area contributed by atoms with Crippen molar-refractivity contribution in [2.75, 3.05) is 0 Å². The Labute approximate surface area is 111 Å². The minimum atomic E-state index is 0. The molecule has 2 radical (unpaired) electrons. The zero-order chi connectivity index (χ0) is 0. The molecule has 0 nitrogen and oxygen atoms in total. The van der Waals surface area contributed by atoms with Gasteiger partial charge < -0.3 is 0 Å². The van der Waals surface area contributed by atoms with Gasteiger partial charge >= 0.3 is 45.5 Å². The fourth-order valence-electron chi connectivity index (χ4n) is 0. The Bertz CT molecular complexity index is 11.6. The summed E-state index contributed by atoms with van der Waals surface area (Å²) in [5.41, 5.74) is 0. The average Bonchev–Trinajstić information content (AvgIpc) is 0. The van der Waals surface area contributed by atoms with Gasteiger partial charge in [0.2, 0.25) is 0 Å². The Balaban J connectivity index is 0. The molecule has 0 heterocycles. The van der Waals surface area contributed by atoms with E-state index >= 15 is 0 Å². The van der Waals surface area contributed by atoms with E-state index in [-0.39, 0.29) is 113 Å². The van der Waals surface area contributed by atoms with E-state index in [1.165, 1.54) is 0 Å². The van der Waals surface area contributed by atoms with Crippen LogP contribution < -0.4 is 0 Å². The maximum atomic E-state index is 0. The predicted molar refractivity (Wildman–Crippen MR) is 18.5 cm³/mol. The molecule has 0 bridgehead atoms. The first-order valence-electron chi connectivity index (χ1n) is 0. The molecular weight excluding hydrogens is 292 g/mol. The van der Waals surface area contributed by atoms with Gasteiger partial charge in [-0.25, -0.2) is 0 Å². The molecule has 0 aromatic heterocycles. The molecule has 0 saturated carbocycles. The van der Waals surface area contributed by atoms with E-state index in [1.54, 1.807) is 0 Å². The zero-order valence-corrected chi connectivity index (χ0v) is 4.11. The molecular formula is H5AlCuMnNiSr. The molecule has 0 fully saturated rings. The van der Waals surface area contributed by atoms with Gasteiger partial charge in [-0.05, 0) is 0 Å². The van der Waals surface area contributed by atoms with E-state index in [0.29, 0.717) is 0 Å². The quantitative estimate of drug-likeness (QED) is 0.449. The Morgan fingerprint density at radius 1 is 1.00 bits per heavy atom. The summed E-state index contributed by atoms with van der Waals surface area (Å²) in [5.74, 6) is 0. The van der Waals surface area contributed by atoms with Crippen molar-refractivity contribution in [1.82, 2.24) is 0 Å². The van der Waals surface area contributed by atoms with Crippen LogP contribution in [0.25, 0.3) is 0 Å². The molecule has 0 spiro atoms. The minimum absolute atomic E-state index is 0. The summed E-state index contributed by atoms with van der Waals surface area (Å²) in [6.07, 6.45) is 0. The van der Waals surface area contributed by atoms with Crippen LogP contribution in [0.4, 0.5) is 0 Å². The van der Waals surface area contributed by atoms with Crippen LogP contribution in [0.3, 0.4) is 0 Å². The second-order valence-electron chi connectivity index (χ2n) is 0. The molecule has 0 aliphatic carbocycles. The number of hydrogen-bond acceptors (Lipinski definition) is 0. The Morgan fingerprint density at radius 3 is 1.00 bits per heavy atom. The third-order valence-corrected chi connectivity index (χ3v) is 0. The molecule has 0 aliphatic rings. The van der Waals surface area contributed by atoms with Crippen LogP contribution in [0, 0.1) is 0 Å². The maximum absolute atomic E-state index is 0. The molecule has 0 amide bonds. The Kier molecular flexibility index (Phi) is 199. The number of rotatable bonds is 0. The fraction of sp³-hybridized carbons (Fsp3) is 0. The van der Waals surface area contributed by atoms with Crippen molar-refractivity contribution in [3.8, 4) is 0 Å². The molecule has 5 heteroatoms. The molecule has 0 aromatic rings. The average molecular weight is 297 g/mol. The summed E-state index contributed by atoms with van der Waals surface area (Å²) >= 11 is 0. The van der Waals surface area contributed by atoms with E-state index in [2.05, 4.69) is 0 Å². The van der Waals surface area contributed by atoms with Crippen molar-refractivity contribution in [3.05, 3.63) is 0 Å². The van der Waals surface area contributed by atoms with Crippen molar-refractivity contribution < 1.29 is 50.6 Å². The molecule has 38 valence electrons. The second kappa shape index (κ2) is 25.7. The molecule has 0 aromatic carbocycles. The first kappa shape index (κ1) is 38.7. The van der Waals surface area contributed by atoms with E-state index in [1.807, 2.05) is 0 Å². The second-order valence-corrected chi connectivity index (χ2v) is 0. The van der Waals surface area contributed by atoms with Crippen molar-refractivity contribution in [1.29, 1.82) is 0 Å². The predicted octanol–water partition coefficient (Wildman–Crippen LogP) is -2.11. The molecule has 0 atom stereocenters. The molecule has 0 N–H and O–H groups in total. The standard InChI is InChI=1S/Al.Cu.Mn.Ni.Sr.5H. The van der Waals surface area contributed by atoms with Gasteiger partial charge in [0.05, 0.1) is 0 Å². The number of hydrogen-bond donors (Lipinski definition) is 0. The summed E-state index contributed by atoms with van der Waals surface area (Å²) < 4.78 is 0. The first-order valence-corrected chi connectivity index (χ1v) is 0. The van der Waals surface area contributed by atoms with Crippen LogP contribution in [0.2, 0.25) is 0 Å².